The fraction of sp³-hybridized carbons (Fsp3) is 0.467. The van der Waals surface area contributed by atoms with E-state index in [9.17, 15) is 4.79 Å². The van der Waals surface area contributed by atoms with Crippen molar-refractivity contribution in [2.24, 2.45) is 0 Å². The van der Waals surface area contributed by atoms with E-state index < -0.39 is 0 Å². The lowest BCUT2D eigenvalue weighted by Crippen LogP contribution is -2.28. The molecule has 8 nitrogen and oxygen atoms in total. The first-order valence-electron chi connectivity index (χ1n) is 7.67. The Labute approximate surface area is 135 Å². The van der Waals surface area contributed by atoms with Crippen molar-refractivity contribution >= 4 is 11.6 Å². The highest BCUT2D eigenvalue weighted by molar-refractivity contribution is 5.92. The van der Waals surface area contributed by atoms with Crippen molar-refractivity contribution in [3.05, 3.63) is 30.6 Å². The number of tetrazole rings is 1. The van der Waals surface area contributed by atoms with Gasteiger partial charge in [0.15, 0.2) is 0 Å². The minimum absolute atomic E-state index is 0.0563. The summed E-state index contributed by atoms with van der Waals surface area (Å²) in [6.07, 6.45) is 1.39. The quantitative estimate of drug-likeness (QED) is 0.743. The number of aromatic nitrogens is 4. The molecule has 0 unspecified atom stereocenters. The molecule has 1 amide bonds. The third kappa shape index (κ3) is 5.33. The second-order valence-electron chi connectivity index (χ2n) is 4.93. The standard InChI is InChI=1S/C15H22N6O2/c1-3-20(4-2)9-10-23-14-8-6-5-7-13(14)17-15(22)11-21-12-16-18-19-21/h5-8,12H,3-4,9-11H2,1-2H3,(H,17,22). The zero-order chi connectivity index (χ0) is 16.5. The maximum Gasteiger partial charge on any atom is 0.246 e. The molecular weight excluding hydrogens is 296 g/mol. The molecule has 0 saturated heterocycles. The predicted molar refractivity (Wildman–Crippen MR) is 86.2 cm³/mol. The summed E-state index contributed by atoms with van der Waals surface area (Å²) in [4.78, 5) is 14.3. The molecule has 0 atom stereocenters. The van der Waals surface area contributed by atoms with Crippen molar-refractivity contribution in [1.82, 2.24) is 25.1 Å². The number of nitrogens with one attached hydrogen (secondary N) is 1. The number of hydrogen-bond donors (Lipinski definition) is 1. The van der Waals surface area contributed by atoms with Crippen molar-refractivity contribution in [3.8, 4) is 5.75 Å². The van der Waals surface area contributed by atoms with Crippen LogP contribution in [0, 0.1) is 0 Å². The number of rotatable bonds is 9. The van der Waals surface area contributed by atoms with Crippen molar-refractivity contribution in [3.63, 3.8) is 0 Å². The second-order valence-corrected chi connectivity index (χ2v) is 4.93. The molecule has 0 aliphatic rings. The van der Waals surface area contributed by atoms with Crippen molar-refractivity contribution < 1.29 is 9.53 Å². The fourth-order valence-electron chi connectivity index (χ4n) is 2.11. The van der Waals surface area contributed by atoms with Gasteiger partial charge in [0, 0.05) is 6.54 Å². The van der Waals surface area contributed by atoms with Crippen LogP contribution in [0.1, 0.15) is 13.8 Å². The molecule has 1 heterocycles. The second kappa shape index (κ2) is 8.84. The molecule has 0 spiro atoms. The Morgan fingerprint density at radius 3 is 2.78 bits per heavy atom. The van der Waals surface area contributed by atoms with Gasteiger partial charge in [-0.25, -0.2) is 4.68 Å². The normalized spacial score (nSPS) is 10.7. The van der Waals surface area contributed by atoms with Crippen LogP contribution in [-0.4, -0.2) is 57.3 Å². The maximum absolute atomic E-state index is 12.0. The van der Waals surface area contributed by atoms with Gasteiger partial charge in [0.05, 0.1) is 5.69 Å². The summed E-state index contributed by atoms with van der Waals surface area (Å²) in [6, 6.07) is 7.38. The van der Waals surface area contributed by atoms with Crippen LogP contribution in [0.2, 0.25) is 0 Å². The lowest BCUT2D eigenvalue weighted by molar-refractivity contribution is -0.116. The van der Waals surface area contributed by atoms with Gasteiger partial charge in [0.25, 0.3) is 0 Å². The Kier molecular flexibility index (Phi) is 6.49. The number of amides is 1. The highest BCUT2D eigenvalue weighted by Crippen LogP contribution is 2.23. The van der Waals surface area contributed by atoms with Crippen LogP contribution in [-0.2, 0) is 11.3 Å². The zero-order valence-corrected chi connectivity index (χ0v) is 13.5. The average Bonchev–Trinajstić information content (AvgIpc) is 3.06. The summed E-state index contributed by atoms with van der Waals surface area (Å²) < 4.78 is 7.16. The first kappa shape index (κ1) is 16.9. The molecule has 2 aromatic rings. The summed E-state index contributed by atoms with van der Waals surface area (Å²) in [5.41, 5.74) is 0.644. The number of ether oxygens (including phenoxy) is 1. The molecule has 8 heteroatoms. The van der Waals surface area contributed by atoms with Gasteiger partial charge in [0.1, 0.15) is 25.2 Å². The first-order valence-corrected chi connectivity index (χ1v) is 7.67. The predicted octanol–water partition coefficient (Wildman–Crippen LogP) is 1.03. The van der Waals surface area contributed by atoms with Crippen LogP contribution in [0.5, 0.6) is 5.75 Å². The molecule has 124 valence electrons. The third-order valence-corrected chi connectivity index (χ3v) is 3.42. The maximum atomic E-state index is 12.0. The number of carbonyl (C=O) groups is 1. The molecular formula is C15H22N6O2. The average molecular weight is 318 g/mol. The largest absolute Gasteiger partial charge is 0.490 e. The van der Waals surface area contributed by atoms with Gasteiger partial charge in [-0.3, -0.25) is 4.79 Å². The molecule has 0 aliphatic heterocycles. The summed E-state index contributed by atoms with van der Waals surface area (Å²) in [5.74, 6) is 0.446. The summed E-state index contributed by atoms with van der Waals surface area (Å²) in [5, 5.41) is 13.5. The van der Waals surface area contributed by atoms with Crippen LogP contribution in [0.15, 0.2) is 30.6 Å². The molecule has 1 aromatic heterocycles. The number of para-hydroxylation sites is 2. The SMILES string of the molecule is CCN(CC)CCOc1ccccc1NC(=O)Cn1cnnn1. The van der Waals surface area contributed by atoms with Gasteiger partial charge in [0.2, 0.25) is 5.91 Å². The smallest absolute Gasteiger partial charge is 0.246 e. The van der Waals surface area contributed by atoms with E-state index in [0.29, 0.717) is 18.0 Å². The third-order valence-electron chi connectivity index (χ3n) is 3.42. The Morgan fingerprint density at radius 2 is 2.09 bits per heavy atom. The lowest BCUT2D eigenvalue weighted by atomic mass is 10.3. The monoisotopic (exact) mass is 318 g/mol. The van der Waals surface area contributed by atoms with Gasteiger partial charge in [-0.05, 0) is 35.6 Å². The number of nitrogens with zero attached hydrogens (tertiary/aromatic N) is 5. The molecule has 2 rings (SSSR count). The summed E-state index contributed by atoms with van der Waals surface area (Å²) in [6.45, 7) is 7.70. The molecule has 0 bridgehead atoms. The minimum atomic E-state index is -0.211. The van der Waals surface area contributed by atoms with Crippen LogP contribution in [0.3, 0.4) is 0 Å². The number of benzene rings is 1. The lowest BCUT2D eigenvalue weighted by Gasteiger charge is -2.19. The van der Waals surface area contributed by atoms with E-state index in [-0.39, 0.29) is 12.5 Å². The summed E-state index contributed by atoms with van der Waals surface area (Å²) in [7, 11) is 0. The molecule has 0 fully saturated rings. The van der Waals surface area contributed by atoms with Crippen molar-refractivity contribution in [1.29, 1.82) is 0 Å². The van der Waals surface area contributed by atoms with E-state index in [2.05, 4.69) is 39.6 Å². The molecule has 23 heavy (non-hydrogen) atoms. The van der Waals surface area contributed by atoms with Crippen LogP contribution in [0.25, 0.3) is 0 Å². The van der Waals surface area contributed by atoms with Crippen molar-refractivity contribution in [2.75, 3.05) is 31.6 Å². The van der Waals surface area contributed by atoms with Gasteiger partial charge in [-0.2, -0.15) is 0 Å². The molecule has 0 radical (unpaired) electrons. The van der Waals surface area contributed by atoms with Crippen LogP contribution < -0.4 is 10.1 Å². The summed E-state index contributed by atoms with van der Waals surface area (Å²) >= 11 is 0. The minimum Gasteiger partial charge on any atom is -0.490 e. The Bertz CT molecular complexity index is 598. The van der Waals surface area contributed by atoms with E-state index in [0.717, 1.165) is 19.6 Å². The van der Waals surface area contributed by atoms with Crippen molar-refractivity contribution in [2.45, 2.75) is 20.4 Å². The number of anilines is 1. The van der Waals surface area contributed by atoms with E-state index >= 15 is 0 Å². The van der Waals surface area contributed by atoms with Gasteiger partial charge < -0.3 is 15.0 Å². The Hall–Kier alpha value is -2.48. The van der Waals surface area contributed by atoms with E-state index in [1.807, 2.05) is 24.3 Å². The van der Waals surface area contributed by atoms with Gasteiger partial charge in [-0.15, -0.1) is 5.10 Å². The first-order chi connectivity index (χ1) is 11.2. The van der Waals surface area contributed by atoms with E-state index in [4.69, 9.17) is 4.74 Å². The van der Waals surface area contributed by atoms with Gasteiger partial charge in [-0.1, -0.05) is 26.0 Å². The van der Waals surface area contributed by atoms with Crippen LogP contribution >= 0.6 is 0 Å². The van der Waals surface area contributed by atoms with Crippen LogP contribution in [0.4, 0.5) is 5.69 Å². The zero-order valence-electron chi connectivity index (χ0n) is 13.5. The van der Waals surface area contributed by atoms with E-state index in [1.165, 1.54) is 11.0 Å². The Balaban J connectivity index is 1.90. The molecule has 1 aromatic carbocycles. The fourth-order valence-corrected chi connectivity index (χ4v) is 2.11. The highest BCUT2D eigenvalue weighted by atomic mass is 16.5. The Morgan fingerprint density at radius 1 is 1.30 bits per heavy atom. The van der Waals surface area contributed by atoms with Gasteiger partial charge >= 0.3 is 0 Å². The highest BCUT2D eigenvalue weighted by Gasteiger charge is 2.09. The molecule has 0 saturated carbocycles. The van der Waals surface area contributed by atoms with E-state index in [1.54, 1.807) is 0 Å². The molecule has 0 aliphatic carbocycles. The molecule has 1 N–H and O–H groups in total. The number of carbonyl (C=O) groups excluding carboxylic acids is 1. The number of hydrogen-bond acceptors (Lipinski definition) is 6. The topological polar surface area (TPSA) is 85.2 Å². The number of likely N-dealkylation sites (N-methyl/N-ethyl adjacent to an activating group) is 1.